The number of rotatable bonds is 2. The van der Waals surface area contributed by atoms with Crippen molar-refractivity contribution in [3.63, 3.8) is 0 Å². The van der Waals surface area contributed by atoms with Gasteiger partial charge in [-0.15, -0.1) is 10.2 Å². The fourth-order valence-corrected chi connectivity index (χ4v) is 1.14. The van der Waals surface area contributed by atoms with Crippen LogP contribution in [0.25, 0.3) is 0 Å². The Bertz CT molecular complexity index is 368. The summed E-state index contributed by atoms with van der Waals surface area (Å²) >= 11 is 3.31. The second-order valence-electron chi connectivity index (χ2n) is 2.43. The minimum Gasteiger partial charge on any atom is -0.258 e. The van der Waals surface area contributed by atoms with Crippen molar-refractivity contribution in [3.8, 4) is 0 Å². The van der Waals surface area contributed by atoms with Gasteiger partial charge in [0.25, 0.3) is 0 Å². The van der Waals surface area contributed by atoms with E-state index in [1.807, 2.05) is 12.1 Å². The zero-order valence-corrected chi connectivity index (χ0v) is 8.22. The van der Waals surface area contributed by atoms with Gasteiger partial charge in [-0.25, -0.2) is 0 Å². The Labute approximate surface area is 82.9 Å². The molecule has 66 valence electrons. The molecule has 13 heavy (non-hydrogen) atoms. The fourth-order valence-electron chi connectivity index (χ4n) is 0.906. The lowest BCUT2D eigenvalue weighted by Gasteiger charge is -1.97. The molecule has 0 fully saturated rings. The van der Waals surface area contributed by atoms with Gasteiger partial charge in [-0.3, -0.25) is 4.98 Å². The van der Waals surface area contributed by atoms with Crippen molar-refractivity contribution in [1.29, 1.82) is 0 Å². The topological polar surface area (TPSA) is 56.5 Å². The van der Waals surface area contributed by atoms with E-state index in [2.05, 4.69) is 36.3 Å². The molecule has 0 aliphatic rings. The van der Waals surface area contributed by atoms with Gasteiger partial charge >= 0.3 is 0 Å². The van der Waals surface area contributed by atoms with Gasteiger partial charge in [0.1, 0.15) is 6.54 Å². The molecule has 0 bridgehead atoms. The first-order valence-corrected chi connectivity index (χ1v) is 4.45. The number of tetrazole rings is 1. The van der Waals surface area contributed by atoms with Crippen LogP contribution >= 0.6 is 15.9 Å². The van der Waals surface area contributed by atoms with Crippen LogP contribution in [0.3, 0.4) is 0 Å². The van der Waals surface area contributed by atoms with Crippen molar-refractivity contribution in [2.75, 3.05) is 0 Å². The monoisotopic (exact) mass is 239 g/mol. The molecular formula is C7H6BrN5. The van der Waals surface area contributed by atoms with Gasteiger partial charge in [0, 0.05) is 10.7 Å². The normalized spacial score (nSPS) is 10.2. The highest BCUT2D eigenvalue weighted by Gasteiger charge is 1.97. The van der Waals surface area contributed by atoms with Crippen molar-refractivity contribution in [1.82, 2.24) is 25.2 Å². The Balaban J connectivity index is 2.15. The van der Waals surface area contributed by atoms with Crippen molar-refractivity contribution < 1.29 is 0 Å². The van der Waals surface area contributed by atoms with Crippen molar-refractivity contribution in [3.05, 3.63) is 34.8 Å². The molecule has 0 aliphatic heterocycles. The largest absolute Gasteiger partial charge is 0.258 e. The molecule has 0 amide bonds. The summed E-state index contributed by atoms with van der Waals surface area (Å²) in [4.78, 5) is 5.66. The maximum Gasteiger partial charge on any atom is 0.162 e. The lowest BCUT2D eigenvalue weighted by Crippen LogP contribution is -2.05. The second-order valence-corrected chi connectivity index (χ2v) is 3.35. The Morgan fingerprint density at radius 3 is 2.92 bits per heavy atom. The quantitative estimate of drug-likeness (QED) is 0.781. The number of nitrogens with zero attached hydrogens (tertiary/aromatic N) is 5. The number of hydrogen-bond acceptors (Lipinski definition) is 4. The molecule has 0 saturated carbocycles. The SMILES string of the molecule is Brc1ccc(Cn2ncnn2)nc1. The summed E-state index contributed by atoms with van der Waals surface area (Å²) in [5.41, 5.74) is 0.904. The van der Waals surface area contributed by atoms with E-state index in [1.54, 1.807) is 6.20 Å². The molecule has 0 N–H and O–H groups in total. The Morgan fingerprint density at radius 2 is 2.31 bits per heavy atom. The molecule has 2 aromatic rings. The zero-order valence-electron chi connectivity index (χ0n) is 6.63. The summed E-state index contributed by atoms with van der Waals surface area (Å²) in [5, 5.41) is 11.2. The van der Waals surface area contributed by atoms with Crippen LogP contribution in [0.15, 0.2) is 29.1 Å². The molecule has 2 rings (SSSR count). The minimum atomic E-state index is 0.549. The molecule has 0 radical (unpaired) electrons. The predicted octanol–water partition coefficient (Wildman–Crippen LogP) is 0.879. The van der Waals surface area contributed by atoms with E-state index in [4.69, 9.17) is 0 Å². The second kappa shape index (κ2) is 3.61. The Kier molecular flexibility index (Phi) is 2.31. The molecule has 2 heterocycles. The third-order valence-corrected chi connectivity index (χ3v) is 1.95. The van der Waals surface area contributed by atoms with Crippen molar-refractivity contribution >= 4 is 15.9 Å². The van der Waals surface area contributed by atoms with Crippen molar-refractivity contribution in [2.45, 2.75) is 6.54 Å². The lowest BCUT2D eigenvalue weighted by atomic mass is 10.3. The molecule has 0 aliphatic carbocycles. The number of hydrogen-bond donors (Lipinski definition) is 0. The summed E-state index contributed by atoms with van der Waals surface area (Å²) in [6.07, 6.45) is 3.14. The smallest absolute Gasteiger partial charge is 0.162 e. The van der Waals surface area contributed by atoms with Crippen LogP contribution in [0, 0.1) is 0 Å². The van der Waals surface area contributed by atoms with E-state index in [-0.39, 0.29) is 0 Å². The number of pyridine rings is 1. The van der Waals surface area contributed by atoms with Crippen LogP contribution in [-0.4, -0.2) is 25.2 Å². The maximum atomic E-state index is 4.18. The molecule has 0 aromatic carbocycles. The molecular weight excluding hydrogens is 234 g/mol. The van der Waals surface area contributed by atoms with Crippen LogP contribution in [-0.2, 0) is 6.54 Å². The lowest BCUT2D eigenvalue weighted by molar-refractivity contribution is 0.564. The van der Waals surface area contributed by atoms with E-state index >= 15 is 0 Å². The Hall–Kier alpha value is -1.30. The average molecular weight is 240 g/mol. The van der Waals surface area contributed by atoms with Crippen LogP contribution < -0.4 is 0 Å². The summed E-state index contributed by atoms with van der Waals surface area (Å²) in [6.45, 7) is 0.549. The molecule has 6 heteroatoms. The van der Waals surface area contributed by atoms with Crippen molar-refractivity contribution in [2.24, 2.45) is 0 Å². The molecule has 0 spiro atoms. The highest BCUT2D eigenvalue weighted by molar-refractivity contribution is 9.10. The van der Waals surface area contributed by atoms with Crippen LogP contribution in [0.1, 0.15) is 5.69 Å². The van der Waals surface area contributed by atoms with Gasteiger partial charge in [-0.2, -0.15) is 4.80 Å². The van der Waals surface area contributed by atoms with Gasteiger partial charge in [0.2, 0.25) is 0 Å². The average Bonchev–Trinajstić information content (AvgIpc) is 2.62. The van der Waals surface area contributed by atoms with E-state index in [1.165, 1.54) is 11.1 Å². The fraction of sp³-hybridized carbons (Fsp3) is 0.143. The summed E-state index contributed by atoms with van der Waals surface area (Å²) < 4.78 is 0.961. The standard InChI is InChI=1S/C7H6BrN5/c8-6-1-2-7(9-3-6)4-13-11-5-10-12-13/h1-3,5H,4H2. The van der Waals surface area contributed by atoms with E-state index in [0.717, 1.165) is 10.2 Å². The van der Waals surface area contributed by atoms with Gasteiger partial charge in [0.05, 0.1) is 5.69 Å². The van der Waals surface area contributed by atoms with Crippen LogP contribution in [0.5, 0.6) is 0 Å². The third-order valence-electron chi connectivity index (χ3n) is 1.48. The van der Waals surface area contributed by atoms with Gasteiger partial charge < -0.3 is 0 Å². The first-order chi connectivity index (χ1) is 6.34. The molecule has 5 nitrogen and oxygen atoms in total. The Morgan fingerprint density at radius 1 is 1.38 bits per heavy atom. The minimum absolute atomic E-state index is 0.549. The van der Waals surface area contributed by atoms with Gasteiger partial charge in [-0.1, -0.05) is 0 Å². The molecule has 0 unspecified atom stereocenters. The summed E-state index contributed by atoms with van der Waals surface area (Å²) in [6, 6.07) is 3.84. The van der Waals surface area contributed by atoms with Gasteiger partial charge in [-0.05, 0) is 33.3 Å². The molecule has 0 atom stereocenters. The first kappa shape index (κ1) is 8.31. The maximum absolute atomic E-state index is 4.18. The van der Waals surface area contributed by atoms with Gasteiger partial charge in [0.15, 0.2) is 6.33 Å². The third kappa shape index (κ3) is 2.09. The van der Waals surface area contributed by atoms with E-state index in [9.17, 15) is 0 Å². The number of aromatic nitrogens is 5. The highest BCUT2D eigenvalue weighted by Crippen LogP contribution is 2.07. The van der Waals surface area contributed by atoms with Crippen LogP contribution in [0.2, 0.25) is 0 Å². The zero-order chi connectivity index (χ0) is 9.10. The summed E-state index contributed by atoms with van der Waals surface area (Å²) in [5.74, 6) is 0. The van der Waals surface area contributed by atoms with Crippen LogP contribution in [0.4, 0.5) is 0 Å². The highest BCUT2D eigenvalue weighted by atomic mass is 79.9. The molecule has 2 aromatic heterocycles. The van der Waals surface area contributed by atoms with E-state index in [0.29, 0.717) is 6.54 Å². The first-order valence-electron chi connectivity index (χ1n) is 3.66. The molecule has 0 saturated heterocycles. The summed E-state index contributed by atoms with van der Waals surface area (Å²) in [7, 11) is 0. The number of halogens is 1. The predicted molar refractivity (Wildman–Crippen MR) is 48.9 cm³/mol. The van der Waals surface area contributed by atoms with E-state index < -0.39 is 0 Å².